The van der Waals surface area contributed by atoms with E-state index in [0.717, 1.165) is 6.42 Å². The van der Waals surface area contributed by atoms with Crippen molar-refractivity contribution in [3.8, 4) is 0 Å². The van der Waals surface area contributed by atoms with Crippen molar-refractivity contribution >= 4 is 0 Å². The Hall–Kier alpha value is -0.600. The number of hydrogen-bond donors (Lipinski definition) is 0. The Balaban J connectivity index is 0.000000396. The quantitative estimate of drug-likeness (QED) is 0.620. The van der Waals surface area contributed by atoms with Crippen molar-refractivity contribution in [2.24, 2.45) is 0 Å². The van der Waals surface area contributed by atoms with E-state index in [9.17, 15) is 0 Å². The maximum atomic E-state index is 5.34. The number of rotatable bonds is 1. The summed E-state index contributed by atoms with van der Waals surface area (Å²) in [4.78, 5) is 0. The van der Waals surface area contributed by atoms with Crippen LogP contribution in [0.4, 0.5) is 0 Å². The van der Waals surface area contributed by atoms with Crippen LogP contribution in [0.5, 0.6) is 0 Å². The zero-order valence-electron chi connectivity index (χ0n) is 8.62. The molecule has 2 unspecified atom stereocenters. The number of ether oxygens (including phenoxy) is 2. The second-order valence-corrected chi connectivity index (χ2v) is 2.83. The van der Waals surface area contributed by atoms with Gasteiger partial charge in [-0.3, -0.25) is 0 Å². The Kier molecular flexibility index (Phi) is 4.19. The first-order valence-corrected chi connectivity index (χ1v) is 5.02. The highest BCUT2D eigenvalue weighted by Crippen LogP contribution is 2.22. The molecule has 0 amide bonds. The zero-order chi connectivity index (χ0) is 9.68. The van der Waals surface area contributed by atoms with Crippen LogP contribution in [0.15, 0.2) is 23.8 Å². The lowest BCUT2D eigenvalue weighted by atomic mass is 10.0. The van der Waals surface area contributed by atoms with E-state index in [1.54, 1.807) is 0 Å². The van der Waals surface area contributed by atoms with Gasteiger partial charge in [-0.15, -0.1) is 0 Å². The van der Waals surface area contributed by atoms with Gasteiger partial charge in [0.05, 0.1) is 0 Å². The van der Waals surface area contributed by atoms with Crippen LogP contribution in [0.25, 0.3) is 0 Å². The van der Waals surface area contributed by atoms with E-state index in [4.69, 9.17) is 9.47 Å². The first-order valence-electron chi connectivity index (χ1n) is 5.02. The van der Waals surface area contributed by atoms with E-state index >= 15 is 0 Å². The second kappa shape index (κ2) is 5.20. The molecule has 2 atom stereocenters. The molecule has 1 heterocycles. The molecular formula is C11H18O2. The molecular weight excluding hydrogens is 164 g/mol. The summed E-state index contributed by atoms with van der Waals surface area (Å²) in [6.07, 6.45) is 7.77. The molecule has 2 nitrogen and oxygen atoms in total. The van der Waals surface area contributed by atoms with Gasteiger partial charge in [-0.1, -0.05) is 32.9 Å². The average Bonchev–Trinajstić information content (AvgIpc) is 2.67. The summed E-state index contributed by atoms with van der Waals surface area (Å²) in [5.74, 6) is 0. The first kappa shape index (κ1) is 10.5. The fourth-order valence-corrected chi connectivity index (χ4v) is 1.41. The molecule has 0 radical (unpaired) electrons. The maximum Gasteiger partial charge on any atom is 0.148 e. The van der Waals surface area contributed by atoms with Gasteiger partial charge in [-0.2, -0.15) is 0 Å². The van der Waals surface area contributed by atoms with Crippen LogP contribution >= 0.6 is 0 Å². The standard InChI is InChI=1S/C9H12O2.C2H6/c1-2-7-3-4-8-9(5-7)11-6-10-8;1-2/h3-5,8-9H,2,6H2,1H3;1-2H3. The summed E-state index contributed by atoms with van der Waals surface area (Å²) in [5, 5.41) is 0. The zero-order valence-corrected chi connectivity index (χ0v) is 8.62. The highest BCUT2D eigenvalue weighted by Gasteiger charge is 2.27. The molecule has 74 valence electrons. The van der Waals surface area contributed by atoms with Gasteiger partial charge in [0.1, 0.15) is 19.0 Å². The van der Waals surface area contributed by atoms with E-state index in [1.165, 1.54) is 5.57 Å². The van der Waals surface area contributed by atoms with Crippen molar-refractivity contribution in [2.45, 2.75) is 39.4 Å². The lowest BCUT2D eigenvalue weighted by Crippen LogP contribution is -2.20. The molecule has 0 aromatic rings. The molecule has 1 aliphatic heterocycles. The molecule has 0 N–H and O–H groups in total. The van der Waals surface area contributed by atoms with Gasteiger partial charge < -0.3 is 9.47 Å². The largest absolute Gasteiger partial charge is 0.345 e. The average molecular weight is 182 g/mol. The lowest BCUT2D eigenvalue weighted by Gasteiger charge is -2.15. The summed E-state index contributed by atoms with van der Waals surface area (Å²) in [7, 11) is 0. The third kappa shape index (κ3) is 2.42. The predicted molar refractivity (Wildman–Crippen MR) is 53.5 cm³/mol. The van der Waals surface area contributed by atoms with Crippen molar-refractivity contribution in [1.29, 1.82) is 0 Å². The van der Waals surface area contributed by atoms with Crippen molar-refractivity contribution < 1.29 is 9.47 Å². The minimum Gasteiger partial charge on any atom is -0.345 e. The molecule has 0 aromatic carbocycles. The molecule has 0 aromatic heterocycles. The molecule has 1 saturated heterocycles. The van der Waals surface area contributed by atoms with Crippen LogP contribution in [0, 0.1) is 0 Å². The number of fused-ring (bicyclic) bond motifs is 1. The van der Waals surface area contributed by atoms with Gasteiger partial charge in [0.2, 0.25) is 0 Å². The van der Waals surface area contributed by atoms with E-state index < -0.39 is 0 Å². The molecule has 0 saturated carbocycles. The summed E-state index contributed by atoms with van der Waals surface area (Å²) in [6, 6.07) is 0. The predicted octanol–water partition coefficient (Wildman–Crippen LogP) is 2.66. The topological polar surface area (TPSA) is 18.5 Å². The van der Waals surface area contributed by atoms with Crippen LogP contribution < -0.4 is 0 Å². The smallest absolute Gasteiger partial charge is 0.148 e. The van der Waals surface area contributed by atoms with E-state index in [0.29, 0.717) is 6.79 Å². The third-order valence-electron chi connectivity index (χ3n) is 2.13. The second-order valence-electron chi connectivity index (χ2n) is 2.83. The minimum absolute atomic E-state index is 0.172. The minimum atomic E-state index is 0.172. The SMILES string of the molecule is CC.CCC1=CC2OCOC2C=C1. The number of hydrogen-bond acceptors (Lipinski definition) is 2. The lowest BCUT2D eigenvalue weighted by molar-refractivity contribution is 0.0503. The summed E-state index contributed by atoms with van der Waals surface area (Å²) in [6.45, 7) is 6.58. The molecule has 1 aliphatic carbocycles. The van der Waals surface area contributed by atoms with Crippen LogP contribution in [-0.2, 0) is 9.47 Å². The summed E-state index contributed by atoms with van der Waals surface area (Å²) < 4.78 is 10.6. The fraction of sp³-hybridized carbons (Fsp3) is 0.636. The fourth-order valence-electron chi connectivity index (χ4n) is 1.41. The van der Waals surface area contributed by atoms with Crippen molar-refractivity contribution in [3.05, 3.63) is 23.8 Å². The van der Waals surface area contributed by atoms with E-state index in [2.05, 4.69) is 25.2 Å². The normalized spacial score (nSPS) is 30.2. The van der Waals surface area contributed by atoms with Crippen molar-refractivity contribution in [2.75, 3.05) is 6.79 Å². The van der Waals surface area contributed by atoms with Gasteiger partial charge in [-0.25, -0.2) is 0 Å². The van der Waals surface area contributed by atoms with Gasteiger partial charge >= 0.3 is 0 Å². The molecule has 2 rings (SSSR count). The number of allylic oxidation sites excluding steroid dienone is 2. The first-order chi connectivity index (χ1) is 6.40. The highest BCUT2D eigenvalue weighted by molar-refractivity contribution is 5.27. The molecule has 2 aliphatic rings. The molecule has 0 bridgehead atoms. The summed E-state index contributed by atoms with van der Waals surface area (Å²) in [5.41, 5.74) is 1.34. The Labute approximate surface area is 80.2 Å². The van der Waals surface area contributed by atoms with E-state index in [-0.39, 0.29) is 12.2 Å². The molecule has 0 spiro atoms. The molecule has 1 fully saturated rings. The monoisotopic (exact) mass is 182 g/mol. The maximum absolute atomic E-state index is 5.34. The van der Waals surface area contributed by atoms with E-state index in [1.807, 2.05) is 13.8 Å². The van der Waals surface area contributed by atoms with Crippen molar-refractivity contribution in [3.63, 3.8) is 0 Å². The van der Waals surface area contributed by atoms with Crippen LogP contribution in [0.3, 0.4) is 0 Å². The summed E-state index contributed by atoms with van der Waals surface area (Å²) >= 11 is 0. The van der Waals surface area contributed by atoms with Crippen LogP contribution in [0.1, 0.15) is 27.2 Å². The van der Waals surface area contributed by atoms with Gasteiger partial charge in [0.25, 0.3) is 0 Å². The highest BCUT2D eigenvalue weighted by atomic mass is 16.7. The Morgan fingerprint density at radius 3 is 2.69 bits per heavy atom. The Morgan fingerprint density at radius 2 is 2.00 bits per heavy atom. The molecule has 2 heteroatoms. The van der Waals surface area contributed by atoms with Gasteiger partial charge in [0, 0.05) is 0 Å². The Bertz CT molecular complexity index is 206. The third-order valence-corrected chi connectivity index (χ3v) is 2.13. The van der Waals surface area contributed by atoms with Crippen LogP contribution in [-0.4, -0.2) is 19.0 Å². The van der Waals surface area contributed by atoms with Crippen LogP contribution in [0.2, 0.25) is 0 Å². The molecule has 13 heavy (non-hydrogen) atoms. The van der Waals surface area contributed by atoms with Gasteiger partial charge in [-0.05, 0) is 18.1 Å². The van der Waals surface area contributed by atoms with Gasteiger partial charge in [0.15, 0.2) is 0 Å². The van der Waals surface area contributed by atoms with Crippen molar-refractivity contribution in [1.82, 2.24) is 0 Å². The Morgan fingerprint density at radius 1 is 1.31 bits per heavy atom.